The highest BCUT2D eigenvalue weighted by molar-refractivity contribution is 7.89. The molecule has 0 spiro atoms. The Morgan fingerprint density at radius 3 is 2.29 bits per heavy atom. The highest BCUT2D eigenvalue weighted by atomic mass is 32.2. The average Bonchev–Trinajstić information content (AvgIpc) is 3.21. The Labute approximate surface area is 209 Å². The van der Waals surface area contributed by atoms with Crippen LogP contribution in [0, 0.1) is 0 Å². The van der Waals surface area contributed by atoms with Crippen molar-refractivity contribution in [3.63, 3.8) is 0 Å². The van der Waals surface area contributed by atoms with Gasteiger partial charge in [-0.25, -0.2) is 13.2 Å². The van der Waals surface area contributed by atoms with E-state index in [0.29, 0.717) is 36.6 Å². The van der Waals surface area contributed by atoms with Crippen molar-refractivity contribution < 1.29 is 22.8 Å². The molecule has 0 radical (unpaired) electrons. The summed E-state index contributed by atoms with van der Waals surface area (Å²) < 4.78 is 26.8. The summed E-state index contributed by atoms with van der Waals surface area (Å²) in [7, 11) is -2.22. The van der Waals surface area contributed by atoms with Crippen molar-refractivity contribution in [2.45, 2.75) is 38.6 Å². The van der Waals surface area contributed by atoms with Crippen molar-refractivity contribution in [2.75, 3.05) is 38.5 Å². The number of nitrogens with one attached hydrogen (secondary N) is 3. The number of carbonyl (C=O) groups excluding carboxylic acids is 3. The van der Waals surface area contributed by atoms with Crippen LogP contribution in [0.15, 0.2) is 29.2 Å². The lowest BCUT2D eigenvalue weighted by atomic mass is 10.0. The van der Waals surface area contributed by atoms with Crippen LogP contribution in [0.5, 0.6) is 0 Å². The maximum Gasteiger partial charge on any atom is 0.321 e. The van der Waals surface area contributed by atoms with Crippen LogP contribution in [-0.2, 0) is 23.0 Å². The largest absolute Gasteiger partial charge is 0.341 e. The third kappa shape index (κ3) is 5.72. The maximum absolute atomic E-state index is 13.0. The molecule has 2 heterocycles. The summed E-state index contributed by atoms with van der Waals surface area (Å²) in [5, 5.41) is 7.81. The van der Waals surface area contributed by atoms with E-state index in [-0.39, 0.29) is 10.5 Å². The summed E-state index contributed by atoms with van der Waals surface area (Å²) in [6, 6.07) is 5.06. The number of amides is 4. The first kappa shape index (κ1) is 26.8. The van der Waals surface area contributed by atoms with Crippen LogP contribution in [-0.4, -0.2) is 68.7 Å². The second kappa shape index (κ2) is 11.3. The molecule has 0 bridgehead atoms. The van der Waals surface area contributed by atoms with Gasteiger partial charge in [-0.1, -0.05) is 20.8 Å². The van der Waals surface area contributed by atoms with Crippen LogP contribution in [0.2, 0.25) is 0 Å². The Balaban J connectivity index is 1.89. The molecule has 1 aliphatic heterocycles. The number of hydrogen-bond donors (Lipinski definition) is 3. The predicted octanol–water partition coefficient (Wildman–Crippen LogP) is 2.48. The quantitative estimate of drug-likeness (QED) is 0.490. The molecule has 0 unspecified atom stereocenters. The van der Waals surface area contributed by atoms with Gasteiger partial charge in [0.15, 0.2) is 0 Å². The molecule has 3 rings (SSSR count). The van der Waals surface area contributed by atoms with E-state index in [1.54, 1.807) is 13.8 Å². The number of nitrogens with zero attached hydrogens (tertiary/aromatic N) is 2. The number of imide groups is 1. The van der Waals surface area contributed by atoms with Gasteiger partial charge in [0.2, 0.25) is 10.0 Å². The van der Waals surface area contributed by atoms with Crippen molar-refractivity contribution in [1.29, 1.82) is 0 Å². The van der Waals surface area contributed by atoms with Gasteiger partial charge in [-0.2, -0.15) is 4.31 Å². The van der Waals surface area contributed by atoms with Crippen molar-refractivity contribution in [3.8, 4) is 0 Å². The highest BCUT2D eigenvalue weighted by Crippen LogP contribution is 2.37. The summed E-state index contributed by atoms with van der Waals surface area (Å²) >= 11 is 1.32. The standard InChI is InChI=1S/C23H31N5O5S2/c1-5-27-13-12-17-18(14-27)34-22(19(17)21(30)26-23(31)24-4)25-20(29)15-8-10-16(11-9-15)35(32,33)28(6-2)7-3/h8-11H,5-7,12-14H2,1-4H3,(H,25,29)(H2,24,26,30,31). The predicted molar refractivity (Wildman–Crippen MR) is 135 cm³/mol. The molecule has 190 valence electrons. The minimum Gasteiger partial charge on any atom is -0.341 e. The zero-order chi connectivity index (χ0) is 25.8. The molecule has 1 aromatic heterocycles. The molecular weight excluding hydrogens is 490 g/mol. The fourth-order valence-electron chi connectivity index (χ4n) is 3.95. The number of hydrogen-bond acceptors (Lipinski definition) is 7. The molecule has 1 aliphatic rings. The van der Waals surface area contributed by atoms with Gasteiger partial charge in [0.25, 0.3) is 11.8 Å². The van der Waals surface area contributed by atoms with Crippen LogP contribution in [0.25, 0.3) is 0 Å². The van der Waals surface area contributed by atoms with Gasteiger partial charge in [-0.15, -0.1) is 11.3 Å². The molecule has 1 aromatic carbocycles. The van der Waals surface area contributed by atoms with E-state index in [1.165, 1.54) is 47.0 Å². The number of benzene rings is 1. The van der Waals surface area contributed by atoms with Gasteiger partial charge in [-0.05, 0) is 42.8 Å². The van der Waals surface area contributed by atoms with E-state index >= 15 is 0 Å². The Morgan fingerprint density at radius 2 is 1.71 bits per heavy atom. The first-order valence-electron chi connectivity index (χ1n) is 11.5. The normalized spacial score (nSPS) is 13.9. The first-order valence-corrected chi connectivity index (χ1v) is 13.7. The molecule has 0 saturated carbocycles. The van der Waals surface area contributed by atoms with E-state index in [2.05, 4.69) is 27.8 Å². The van der Waals surface area contributed by atoms with Gasteiger partial charge in [0.1, 0.15) is 5.00 Å². The van der Waals surface area contributed by atoms with Gasteiger partial charge in [0.05, 0.1) is 10.5 Å². The van der Waals surface area contributed by atoms with E-state index in [4.69, 9.17) is 0 Å². The number of carbonyl (C=O) groups is 3. The minimum atomic E-state index is -3.64. The molecular formula is C23H31N5O5S2. The molecule has 10 nitrogen and oxygen atoms in total. The van der Waals surface area contributed by atoms with Crippen LogP contribution in [0.3, 0.4) is 0 Å². The third-order valence-corrected chi connectivity index (χ3v) is 9.15. The smallest absolute Gasteiger partial charge is 0.321 e. The van der Waals surface area contributed by atoms with Gasteiger partial charge in [-0.3, -0.25) is 19.8 Å². The number of sulfonamides is 1. The number of thiophene rings is 1. The summed E-state index contributed by atoms with van der Waals surface area (Å²) in [6.07, 6.45) is 0.629. The average molecular weight is 522 g/mol. The molecule has 0 fully saturated rings. The molecule has 0 atom stereocenters. The van der Waals surface area contributed by atoms with Gasteiger partial charge >= 0.3 is 6.03 Å². The topological polar surface area (TPSA) is 128 Å². The van der Waals surface area contributed by atoms with E-state index in [0.717, 1.165) is 23.5 Å². The summed E-state index contributed by atoms with van der Waals surface area (Å²) in [5.74, 6) is -1.06. The van der Waals surface area contributed by atoms with Crippen LogP contribution >= 0.6 is 11.3 Å². The van der Waals surface area contributed by atoms with Crippen molar-refractivity contribution in [2.24, 2.45) is 0 Å². The second-order valence-corrected chi connectivity index (χ2v) is 11.0. The lowest BCUT2D eigenvalue weighted by molar-refractivity contribution is 0.0964. The van der Waals surface area contributed by atoms with Gasteiger partial charge < -0.3 is 10.6 Å². The maximum atomic E-state index is 13.0. The fraction of sp³-hybridized carbons (Fsp3) is 0.435. The molecule has 4 amide bonds. The van der Waals surface area contributed by atoms with Crippen LogP contribution in [0.4, 0.5) is 9.80 Å². The summed E-state index contributed by atoms with van der Waals surface area (Å²) in [4.78, 5) is 41.0. The Bertz CT molecular complexity index is 1200. The highest BCUT2D eigenvalue weighted by Gasteiger charge is 2.29. The number of likely N-dealkylation sites (N-methyl/N-ethyl adjacent to an activating group) is 1. The van der Waals surface area contributed by atoms with Crippen LogP contribution in [0.1, 0.15) is 51.9 Å². The first-order chi connectivity index (χ1) is 16.7. The monoisotopic (exact) mass is 521 g/mol. The fourth-order valence-corrected chi connectivity index (χ4v) is 6.69. The Hall–Kier alpha value is -2.80. The SMILES string of the molecule is CCN1CCc2c(sc(NC(=O)c3ccc(S(=O)(=O)N(CC)CC)cc3)c2C(=O)NC(=O)NC)C1. The number of fused-ring (bicyclic) bond motifs is 1. The summed E-state index contributed by atoms with van der Waals surface area (Å²) in [6.45, 7) is 8.58. The zero-order valence-corrected chi connectivity index (χ0v) is 21.9. The molecule has 12 heteroatoms. The van der Waals surface area contributed by atoms with E-state index in [9.17, 15) is 22.8 Å². The lowest BCUT2D eigenvalue weighted by Crippen LogP contribution is -2.38. The lowest BCUT2D eigenvalue weighted by Gasteiger charge is -2.25. The molecule has 2 aromatic rings. The van der Waals surface area contributed by atoms with Crippen molar-refractivity contribution >= 4 is 44.2 Å². The zero-order valence-electron chi connectivity index (χ0n) is 20.3. The number of anilines is 1. The molecule has 0 aliphatic carbocycles. The second-order valence-electron chi connectivity index (χ2n) is 7.93. The Kier molecular flexibility index (Phi) is 8.65. The third-order valence-electron chi connectivity index (χ3n) is 5.95. The Morgan fingerprint density at radius 1 is 1.06 bits per heavy atom. The molecule has 3 N–H and O–H groups in total. The molecule has 0 saturated heterocycles. The van der Waals surface area contributed by atoms with Crippen LogP contribution < -0.4 is 16.0 Å². The van der Waals surface area contributed by atoms with E-state index in [1.807, 2.05) is 0 Å². The number of rotatable bonds is 8. The van der Waals surface area contributed by atoms with Crippen molar-refractivity contribution in [3.05, 3.63) is 45.8 Å². The van der Waals surface area contributed by atoms with Crippen molar-refractivity contribution in [1.82, 2.24) is 19.8 Å². The number of urea groups is 1. The van der Waals surface area contributed by atoms with E-state index < -0.39 is 27.9 Å². The molecule has 35 heavy (non-hydrogen) atoms. The van der Waals surface area contributed by atoms with Gasteiger partial charge in [0, 0.05) is 43.7 Å². The summed E-state index contributed by atoms with van der Waals surface area (Å²) in [5.41, 5.74) is 1.37. The minimum absolute atomic E-state index is 0.106.